The molecule has 1 aromatic carbocycles. The number of hydrogen-bond acceptors (Lipinski definition) is 8. The maximum absolute atomic E-state index is 14.4. The first-order valence-electron chi connectivity index (χ1n) is 12.3. The number of anilines is 2. The smallest absolute Gasteiger partial charge is 0.429 e. The zero-order chi connectivity index (χ0) is 27.9. The van der Waals surface area contributed by atoms with E-state index in [1.807, 2.05) is 4.90 Å². The van der Waals surface area contributed by atoms with E-state index in [0.717, 1.165) is 0 Å². The normalized spacial score (nSPS) is 19.8. The summed E-state index contributed by atoms with van der Waals surface area (Å²) in [5, 5.41) is 16.9. The number of nitrogens with two attached hydrogens (primary N) is 1. The highest BCUT2D eigenvalue weighted by molar-refractivity contribution is 6.30. The molecule has 0 aliphatic carbocycles. The van der Waals surface area contributed by atoms with Gasteiger partial charge in [-0.1, -0.05) is 17.7 Å². The highest BCUT2D eigenvalue weighted by Crippen LogP contribution is 2.43. The Kier molecular flexibility index (Phi) is 7.06. The Labute approximate surface area is 226 Å². The van der Waals surface area contributed by atoms with E-state index in [4.69, 9.17) is 22.1 Å². The van der Waals surface area contributed by atoms with Gasteiger partial charge in [-0.15, -0.1) is 0 Å². The first-order valence-corrected chi connectivity index (χ1v) is 12.7. The zero-order valence-corrected chi connectivity index (χ0v) is 21.7. The predicted octanol–water partition coefficient (Wildman–Crippen LogP) is 3.83. The molecule has 0 saturated carbocycles. The summed E-state index contributed by atoms with van der Waals surface area (Å²) in [6.45, 7) is 1.67. The molecule has 0 bridgehead atoms. The van der Waals surface area contributed by atoms with Crippen molar-refractivity contribution in [3.63, 3.8) is 0 Å². The SMILES string of the molecule is Cn1ccc(-c2cc(Cl)ccc2C(Oc2cc(N3CCC4(CC3)CN[C@H](C(=O)O)C4)nc(N)n2)C(F)(F)F)n1. The van der Waals surface area contributed by atoms with E-state index in [0.29, 0.717) is 50.4 Å². The van der Waals surface area contributed by atoms with Gasteiger partial charge in [-0.05, 0) is 42.9 Å². The van der Waals surface area contributed by atoms with E-state index in [2.05, 4.69) is 20.4 Å². The van der Waals surface area contributed by atoms with Gasteiger partial charge in [-0.3, -0.25) is 9.48 Å². The highest BCUT2D eigenvalue weighted by atomic mass is 35.5. The summed E-state index contributed by atoms with van der Waals surface area (Å²) < 4.78 is 50.1. The van der Waals surface area contributed by atoms with Gasteiger partial charge in [0.2, 0.25) is 17.9 Å². The molecule has 4 N–H and O–H groups in total. The monoisotopic (exact) mass is 565 g/mol. The number of carbonyl (C=O) groups is 1. The van der Waals surface area contributed by atoms with Crippen LogP contribution < -0.4 is 20.7 Å². The molecule has 5 rings (SSSR count). The van der Waals surface area contributed by atoms with Gasteiger partial charge in [-0.2, -0.15) is 28.2 Å². The quantitative estimate of drug-likeness (QED) is 0.408. The number of carboxylic acid groups (broad SMARTS) is 1. The molecule has 2 aliphatic heterocycles. The van der Waals surface area contributed by atoms with Gasteiger partial charge in [0.25, 0.3) is 0 Å². The topological polar surface area (TPSA) is 131 Å². The number of rotatable bonds is 6. The molecular formula is C25H27ClF3N7O3. The lowest BCUT2D eigenvalue weighted by Gasteiger charge is -2.39. The Morgan fingerprint density at radius 3 is 2.62 bits per heavy atom. The third kappa shape index (κ3) is 5.74. The molecule has 2 aliphatic rings. The summed E-state index contributed by atoms with van der Waals surface area (Å²) in [7, 11) is 1.66. The number of ether oxygens (including phenoxy) is 1. The van der Waals surface area contributed by atoms with Crippen molar-refractivity contribution in [2.24, 2.45) is 12.5 Å². The molecule has 208 valence electrons. The molecule has 0 radical (unpaired) electrons. The van der Waals surface area contributed by atoms with E-state index in [-0.39, 0.29) is 33.4 Å². The molecule has 14 heteroatoms. The molecule has 1 spiro atoms. The van der Waals surface area contributed by atoms with Crippen LogP contribution in [-0.4, -0.2) is 62.7 Å². The number of piperidine rings is 1. The summed E-state index contributed by atoms with van der Waals surface area (Å²) in [4.78, 5) is 21.4. The molecule has 2 fully saturated rings. The molecule has 1 unspecified atom stereocenters. The second-order valence-electron chi connectivity index (χ2n) is 10.0. The van der Waals surface area contributed by atoms with E-state index >= 15 is 0 Å². The summed E-state index contributed by atoms with van der Waals surface area (Å²) in [6.07, 6.45) is -3.63. The maximum Gasteiger partial charge on any atom is 0.429 e. The van der Waals surface area contributed by atoms with Gasteiger partial charge >= 0.3 is 12.1 Å². The molecule has 3 aromatic rings. The van der Waals surface area contributed by atoms with E-state index < -0.39 is 24.3 Å². The van der Waals surface area contributed by atoms with E-state index in [1.165, 1.54) is 28.9 Å². The number of halogens is 4. The first-order chi connectivity index (χ1) is 18.4. The zero-order valence-electron chi connectivity index (χ0n) is 21.0. The van der Waals surface area contributed by atoms with Crippen molar-refractivity contribution < 1.29 is 27.8 Å². The van der Waals surface area contributed by atoms with Crippen molar-refractivity contribution >= 4 is 29.3 Å². The van der Waals surface area contributed by atoms with Gasteiger partial charge in [0, 0.05) is 55.1 Å². The fourth-order valence-corrected chi connectivity index (χ4v) is 5.47. The van der Waals surface area contributed by atoms with Gasteiger partial charge in [0.1, 0.15) is 11.9 Å². The number of nitrogen functional groups attached to an aromatic ring is 1. The van der Waals surface area contributed by atoms with Crippen LogP contribution in [0.15, 0.2) is 36.5 Å². The van der Waals surface area contributed by atoms with Crippen LogP contribution in [0.5, 0.6) is 5.88 Å². The Morgan fingerprint density at radius 2 is 2.00 bits per heavy atom. The van der Waals surface area contributed by atoms with Crippen LogP contribution in [-0.2, 0) is 11.8 Å². The number of aromatic nitrogens is 4. The van der Waals surface area contributed by atoms with Crippen LogP contribution in [0.4, 0.5) is 24.9 Å². The average Bonchev–Trinajstić information content (AvgIpc) is 3.49. The molecule has 2 saturated heterocycles. The number of benzene rings is 1. The second kappa shape index (κ2) is 10.2. The Bertz CT molecular complexity index is 1380. The molecule has 2 atom stereocenters. The van der Waals surface area contributed by atoms with E-state index in [1.54, 1.807) is 19.3 Å². The average molecular weight is 566 g/mol. The van der Waals surface area contributed by atoms with Gasteiger partial charge in [0.15, 0.2) is 0 Å². The third-order valence-electron chi connectivity index (χ3n) is 7.34. The summed E-state index contributed by atoms with van der Waals surface area (Å²) in [6, 6.07) is 6.40. The van der Waals surface area contributed by atoms with Crippen LogP contribution in [0.3, 0.4) is 0 Å². The van der Waals surface area contributed by atoms with Crippen molar-refractivity contribution in [2.75, 3.05) is 30.3 Å². The first kappa shape index (κ1) is 27.0. The Hall–Kier alpha value is -3.58. The number of aliphatic carboxylic acids is 1. The Morgan fingerprint density at radius 1 is 1.26 bits per heavy atom. The standard InChI is InChI=1S/C25H27ClF3N7O3/c1-35-7-4-17(34-35)16-10-14(26)2-3-15(16)21(25(27,28)29)39-20-11-19(32-23(30)33-20)36-8-5-24(6-9-36)12-18(22(37)38)31-13-24/h2-4,7,10-11,18,21,31H,5-6,8-9,12-13H2,1H3,(H,37,38)(H2,30,32,33)/t18-,21?/m0/s1. The molecule has 4 heterocycles. The van der Waals surface area contributed by atoms with E-state index in [9.17, 15) is 23.1 Å². The minimum absolute atomic E-state index is 0.144. The number of nitrogens with one attached hydrogen (secondary N) is 1. The Balaban J connectivity index is 1.40. The summed E-state index contributed by atoms with van der Waals surface area (Å²) in [5.41, 5.74) is 6.06. The number of carboxylic acids is 1. The van der Waals surface area contributed by atoms with Crippen molar-refractivity contribution in [1.29, 1.82) is 0 Å². The lowest BCUT2D eigenvalue weighted by atomic mass is 9.76. The maximum atomic E-state index is 14.4. The van der Waals surface area contributed by atoms with Crippen LogP contribution >= 0.6 is 11.6 Å². The fraction of sp³-hybridized carbons (Fsp3) is 0.440. The highest BCUT2D eigenvalue weighted by Gasteiger charge is 2.46. The van der Waals surface area contributed by atoms with Gasteiger partial charge in [-0.25, -0.2) is 0 Å². The summed E-state index contributed by atoms with van der Waals surface area (Å²) >= 11 is 6.12. The summed E-state index contributed by atoms with van der Waals surface area (Å²) in [5.74, 6) is -1.07. The molecule has 39 heavy (non-hydrogen) atoms. The van der Waals surface area contributed by atoms with Crippen LogP contribution in [0.2, 0.25) is 5.02 Å². The second-order valence-corrected chi connectivity index (χ2v) is 10.5. The lowest BCUT2D eigenvalue weighted by molar-refractivity contribution is -0.198. The lowest BCUT2D eigenvalue weighted by Crippen LogP contribution is -2.41. The van der Waals surface area contributed by atoms with Crippen LogP contribution in [0, 0.1) is 5.41 Å². The minimum Gasteiger partial charge on any atom is -0.480 e. The predicted molar refractivity (Wildman–Crippen MR) is 137 cm³/mol. The van der Waals surface area contributed by atoms with Gasteiger partial charge in [0.05, 0.1) is 5.69 Å². The number of nitrogens with zero attached hydrogens (tertiary/aromatic N) is 5. The minimum atomic E-state index is -4.80. The number of alkyl halides is 3. The van der Waals surface area contributed by atoms with Crippen LogP contribution in [0.25, 0.3) is 11.3 Å². The molecule has 0 amide bonds. The fourth-order valence-electron chi connectivity index (χ4n) is 5.30. The number of hydrogen-bond donors (Lipinski definition) is 3. The number of aryl methyl sites for hydroxylation is 1. The molecule has 2 aromatic heterocycles. The van der Waals surface area contributed by atoms with Crippen molar-refractivity contribution in [2.45, 2.75) is 37.6 Å². The van der Waals surface area contributed by atoms with Crippen molar-refractivity contribution in [3.8, 4) is 17.1 Å². The third-order valence-corrected chi connectivity index (χ3v) is 7.57. The van der Waals surface area contributed by atoms with Crippen molar-refractivity contribution in [1.82, 2.24) is 25.1 Å². The van der Waals surface area contributed by atoms with Crippen LogP contribution in [0.1, 0.15) is 30.9 Å². The molecular weight excluding hydrogens is 539 g/mol. The molecule has 10 nitrogen and oxygen atoms in total. The van der Waals surface area contributed by atoms with Crippen molar-refractivity contribution in [3.05, 3.63) is 47.1 Å². The van der Waals surface area contributed by atoms with Gasteiger partial charge < -0.3 is 25.8 Å². The largest absolute Gasteiger partial charge is 0.480 e.